The van der Waals surface area contributed by atoms with Crippen molar-refractivity contribution in [2.24, 2.45) is 0 Å². The van der Waals surface area contributed by atoms with E-state index in [-0.39, 0.29) is 11.7 Å². The Labute approximate surface area is 109 Å². The van der Waals surface area contributed by atoms with Crippen LogP contribution < -0.4 is 5.32 Å². The van der Waals surface area contributed by atoms with Gasteiger partial charge in [-0.1, -0.05) is 28.8 Å². The molecule has 17 heavy (non-hydrogen) atoms. The highest BCUT2D eigenvalue weighted by molar-refractivity contribution is 9.10. The first-order valence-corrected chi connectivity index (χ1v) is 6.00. The Bertz CT molecular complexity index is 454. The fourth-order valence-electron chi connectivity index (χ4n) is 1.35. The van der Waals surface area contributed by atoms with Crippen molar-refractivity contribution >= 4 is 21.6 Å². The molecule has 0 radical (unpaired) electrons. The maximum absolute atomic E-state index is 10.6. The molecule has 0 fully saturated rings. The minimum absolute atomic E-state index is 0.0251. The zero-order valence-electron chi connectivity index (χ0n) is 9.44. The van der Waals surface area contributed by atoms with Crippen LogP contribution in [-0.4, -0.2) is 11.0 Å². The van der Waals surface area contributed by atoms with E-state index in [4.69, 9.17) is 6.42 Å². The molecule has 0 spiro atoms. The summed E-state index contributed by atoms with van der Waals surface area (Å²) in [5, 5.41) is 13.8. The second kappa shape index (κ2) is 6.38. The van der Waals surface area contributed by atoms with Gasteiger partial charge in [0, 0.05) is 23.2 Å². The standard InChI is InChI=1S/C12H13BrN2O2/c1-3-10(4-2)14-8-9-5-6-11(15(16)17)7-12(9)13/h1,5-7,10,14H,4,8H2,2H3. The summed E-state index contributed by atoms with van der Waals surface area (Å²) < 4.78 is 0.714. The van der Waals surface area contributed by atoms with Gasteiger partial charge in [-0.15, -0.1) is 6.42 Å². The number of terminal acetylenes is 1. The molecule has 0 saturated carbocycles. The molecular weight excluding hydrogens is 284 g/mol. The molecule has 5 heteroatoms. The Morgan fingerprint density at radius 1 is 1.65 bits per heavy atom. The highest BCUT2D eigenvalue weighted by Crippen LogP contribution is 2.22. The molecular formula is C12H13BrN2O2. The molecule has 1 N–H and O–H groups in total. The Kier molecular flexibility index (Phi) is 5.13. The zero-order chi connectivity index (χ0) is 12.8. The van der Waals surface area contributed by atoms with Gasteiger partial charge in [-0.05, 0) is 18.1 Å². The normalized spacial score (nSPS) is 11.8. The molecule has 1 aromatic carbocycles. The predicted octanol–water partition coefficient (Wildman–Crippen LogP) is 2.86. The van der Waals surface area contributed by atoms with Crippen LogP contribution in [0.5, 0.6) is 0 Å². The lowest BCUT2D eigenvalue weighted by Gasteiger charge is -2.11. The van der Waals surface area contributed by atoms with Crippen LogP contribution in [0.25, 0.3) is 0 Å². The molecule has 90 valence electrons. The van der Waals surface area contributed by atoms with E-state index in [1.807, 2.05) is 6.92 Å². The van der Waals surface area contributed by atoms with Gasteiger partial charge in [0.2, 0.25) is 0 Å². The number of hydrogen-bond donors (Lipinski definition) is 1. The van der Waals surface area contributed by atoms with E-state index in [1.54, 1.807) is 6.07 Å². The van der Waals surface area contributed by atoms with Crippen LogP contribution >= 0.6 is 15.9 Å². The van der Waals surface area contributed by atoms with Crippen molar-refractivity contribution in [2.45, 2.75) is 25.9 Å². The lowest BCUT2D eigenvalue weighted by atomic mass is 10.2. The van der Waals surface area contributed by atoms with Gasteiger partial charge in [0.15, 0.2) is 0 Å². The quantitative estimate of drug-likeness (QED) is 0.516. The second-order valence-corrected chi connectivity index (χ2v) is 4.40. The molecule has 0 aromatic heterocycles. The summed E-state index contributed by atoms with van der Waals surface area (Å²) >= 11 is 3.31. The Morgan fingerprint density at radius 3 is 2.82 bits per heavy atom. The van der Waals surface area contributed by atoms with E-state index in [1.165, 1.54) is 12.1 Å². The van der Waals surface area contributed by atoms with E-state index < -0.39 is 4.92 Å². The Hall–Kier alpha value is -1.38. The summed E-state index contributed by atoms with van der Waals surface area (Å²) in [5.74, 6) is 2.64. The smallest absolute Gasteiger partial charge is 0.270 e. The van der Waals surface area contributed by atoms with Gasteiger partial charge >= 0.3 is 0 Å². The second-order valence-electron chi connectivity index (χ2n) is 3.54. The lowest BCUT2D eigenvalue weighted by Crippen LogP contribution is -2.26. The average molecular weight is 297 g/mol. The molecule has 4 nitrogen and oxygen atoms in total. The van der Waals surface area contributed by atoms with Gasteiger partial charge < -0.3 is 0 Å². The summed E-state index contributed by atoms with van der Waals surface area (Å²) in [6.07, 6.45) is 6.18. The van der Waals surface area contributed by atoms with Gasteiger partial charge in [0.05, 0.1) is 11.0 Å². The first-order valence-electron chi connectivity index (χ1n) is 5.20. The maximum atomic E-state index is 10.6. The highest BCUT2D eigenvalue weighted by atomic mass is 79.9. The Morgan fingerprint density at radius 2 is 2.35 bits per heavy atom. The molecule has 0 saturated heterocycles. The SMILES string of the molecule is C#CC(CC)NCc1ccc([N+](=O)[O-])cc1Br. The molecule has 1 aromatic rings. The number of non-ortho nitro benzene ring substituents is 1. The topological polar surface area (TPSA) is 55.2 Å². The summed E-state index contributed by atoms with van der Waals surface area (Å²) in [5.41, 5.74) is 1.02. The molecule has 1 rings (SSSR count). The van der Waals surface area contributed by atoms with Crippen molar-refractivity contribution in [1.29, 1.82) is 0 Å². The van der Waals surface area contributed by atoms with Crippen molar-refractivity contribution in [3.05, 3.63) is 38.3 Å². The number of benzene rings is 1. The summed E-state index contributed by atoms with van der Waals surface area (Å²) in [7, 11) is 0. The molecule has 1 unspecified atom stereocenters. The summed E-state index contributed by atoms with van der Waals surface area (Å²) in [6.45, 7) is 2.59. The van der Waals surface area contributed by atoms with E-state index in [2.05, 4.69) is 27.2 Å². The van der Waals surface area contributed by atoms with E-state index >= 15 is 0 Å². The third kappa shape index (κ3) is 3.84. The number of rotatable bonds is 5. The number of hydrogen-bond acceptors (Lipinski definition) is 3. The van der Waals surface area contributed by atoms with Gasteiger partial charge in [-0.25, -0.2) is 0 Å². The third-order valence-electron chi connectivity index (χ3n) is 2.40. The molecule has 0 amide bonds. The number of nitrogens with zero attached hydrogens (tertiary/aromatic N) is 1. The molecule has 0 heterocycles. The highest BCUT2D eigenvalue weighted by Gasteiger charge is 2.09. The molecule has 0 bridgehead atoms. The number of nitro groups is 1. The first-order chi connectivity index (χ1) is 8.08. The van der Waals surface area contributed by atoms with Crippen LogP contribution in [0.1, 0.15) is 18.9 Å². The third-order valence-corrected chi connectivity index (χ3v) is 3.13. The van der Waals surface area contributed by atoms with E-state index in [9.17, 15) is 10.1 Å². The number of nitrogens with one attached hydrogen (secondary N) is 1. The molecule has 0 aliphatic carbocycles. The molecule has 0 aliphatic rings. The van der Waals surface area contributed by atoms with Crippen molar-refractivity contribution < 1.29 is 4.92 Å². The fourth-order valence-corrected chi connectivity index (χ4v) is 1.85. The van der Waals surface area contributed by atoms with Crippen LogP contribution in [0, 0.1) is 22.5 Å². The van der Waals surface area contributed by atoms with Crippen LogP contribution in [0.4, 0.5) is 5.69 Å². The van der Waals surface area contributed by atoms with Gasteiger partial charge in [-0.2, -0.15) is 0 Å². The van der Waals surface area contributed by atoms with Crippen molar-refractivity contribution in [2.75, 3.05) is 0 Å². The lowest BCUT2D eigenvalue weighted by molar-refractivity contribution is -0.384. The summed E-state index contributed by atoms with van der Waals surface area (Å²) in [6, 6.07) is 4.72. The first kappa shape index (κ1) is 13.7. The monoisotopic (exact) mass is 296 g/mol. The predicted molar refractivity (Wildman–Crippen MR) is 70.5 cm³/mol. The van der Waals surface area contributed by atoms with Gasteiger partial charge in [0.25, 0.3) is 5.69 Å². The van der Waals surface area contributed by atoms with Crippen molar-refractivity contribution in [3.63, 3.8) is 0 Å². The zero-order valence-corrected chi connectivity index (χ0v) is 11.0. The minimum Gasteiger partial charge on any atom is -0.300 e. The van der Waals surface area contributed by atoms with E-state index in [0.29, 0.717) is 11.0 Å². The number of nitro benzene ring substituents is 1. The van der Waals surface area contributed by atoms with Crippen LogP contribution in [0.15, 0.2) is 22.7 Å². The van der Waals surface area contributed by atoms with Gasteiger partial charge in [-0.3, -0.25) is 15.4 Å². The minimum atomic E-state index is -0.418. The fraction of sp³-hybridized carbons (Fsp3) is 0.333. The number of halogens is 1. The van der Waals surface area contributed by atoms with Gasteiger partial charge in [0.1, 0.15) is 0 Å². The van der Waals surface area contributed by atoms with Crippen molar-refractivity contribution in [1.82, 2.24) is 5.32 Å². The maximum Gasteiger partial charge on any atom is 0.270 e. The van der Waals surface area contributed by atoms with Crippen LogP contribution in [0.2, 0.25) is 0 Å². The van der Waals surface area contributed by atoms with Crippen molar-refractivity contribution in [3.8, 4) is 12.3 Å². The van der Waals surface area contributed by atoms with E-state index in [0.717, 1.165) is 12.0 Å². The summed E-state index contributed by atoms with van der Waals surface area (Å²) in [4.78, 5) is 10.1. The van der Waals surface area contributed by atoms with Crippen LogP contribution in [0.3, 0.4) is 0 Å². The Balaban J connectivity index is 2.73. The largest absolute Gasteiger partial charge is 0.300 e. The van der Waals surface area contributed by atoms with Crippen LogP contribution in [-0.2, 0) is 6.54 Å². The molecule has 0 aliphatic heterocycles. The molecule has 1 atom stereocenters. The average Bonchev–Trinajstić information content (AvgIpc) is 2.31.